The molecule has 0 saturated carbocycles. The summed E-state index contributed by atoms with van der Waals surface area (Å²) >= 11 is 0. The van der Waals surface area contributed by atoms with Gasteiger partial charge in [-0.25, -0.2) is 4.98 Å². The van der Waals surface area contributed by atoms with Gasteiger partial charge in [0.1, 0.15) is 5.75 Å². The second-order valence-corrected chi connectivity index (χ2v) is 4.69. The van der Waals surface area contributed by atoms with Gasteiger partial charge in [-0.15, -0.1) is 0 Å². The summed E-state index contributed by atoms with van der Waals surface area (Å²) in [6, 6.07) is 11.2. The zero-order chi connectivity index (χ0) is 16.5. The molecule has 1 heterocycles. The Bertz CT molecular complexity index is 683. The molecule has 0 fully saturated rings. The lowest BCUT2D eigenvalue weighted by Gasteiger charge is -2.07. The van der Waals surface area contributed by atoms with E-state index in [0.29, 0.717) is 19.0 Å². The van der Waals surface area contributed by atoms with Crippen molar-refractivity contribution in [1.29, 1.82) is 0 Å². The molecule has 0 unspecified atom stereocenters. The van der Waals surface area contributed by atoms with Crippen LogP contribution in [0.1, 0.15) is 18.1 Å². The van der Waals surface area contributed by atoms with E-state index in [4.69, 9.17) is 9.47 Å². The first-order valence-electron chi connectivity index (χ1n) is 7.40. The first-order chi connectivity index (χ1) is 11.2. The number of ether oxygens (including phenoxy) is 2. The normalized spacial score (nSPS) is 10.5. The third-order valence-electron chi connectivity index (χ3n) is 3.13. The smallest absolute Gasteiger partial charge is 0.244 e. The molecule has 1 amide bonds. The van der Waals surface area contributed by atoms with E-state index >= 15 is 0 Å². The van der Waals surface area contributed by atoms with Gasteiger partial charge in [0, 0.05) is 29.9 Å². The molecular formula is C18H20N2O3. The molecule has 0 aliphatic heterocycles. The standard InChI is InChI=1S/C18H20N2O3/c1-3-23-16-9-5-4-7-14(16)10-11-17(21)20-13-15-8-6-12-19-18(15)22-2/h4-12H,3,13H2,1-2H3,(H,20,21). The highest BCUT2D eigenvalue weighted by Gasteiger charge is 2.04. The topological polar surface area (TPSA) is 60.5 Å². The number of hydrogen-bond acceptors (Lipinski definition) is 4. The molecule has 0 aliphatic carbocycles. The first-order valence-corrected chi connectivity index (χ1v) is 7.40. The highest BCUT2D eigenvalue weighted by molar-refractivity contribution is 5.92. The molecule has 120 valence electrons. The van der Waals surface area contributed by atoms with Gasteiger partial charge in [0.25, 0.3) is 0 Å². The van der Waals surface area contributed by atoms with Gasteiger partial charge in [-0.05, 0) is 25.1 Å². The molecule has 0 spiro atoms. The predicted molar refractivity (Wildman–Crippen MR) is 89.3 cm³/mol. The van der Waals surface area contributed by atoms with E-state index in [-0.39, 0.29) is 5.91 Å². The first kappa shape index (κ1) is 16.5. The summed E-state index contributed by atoms with van der Waals surface area (Å²) in [4.78, 5) is 16.1. The molecule has 5 heteroatoms. The number of carbonyl (C=O) groups is 1. The second-order valence-electron chi connectivity index (χ2n) is 4.69. The predicted octanol–water partition coefficient (Wildman–Crippen LogP) is 2.82. The third-order valence-corrected chi connectivity index (χ3v) is 3.13. The fourth-order valence-electron chi connectivity index (χ4n) is 2.05. The van der Waals surface area contributed by atoms with Gasteiger partial charge >= 0.3 is 0 Å². The van der Waals surface area contributed by atoms with Crippen molar-refractivity contribution in [2.75, 3.05) is 13.7 Å². The van der Waals surface area contributed by atoms with Gasteiger partial charge in [0.2, 0.25) is 11.8 Å². The maximum atomic E-state index is 12.0. The van der Waals surface area contributed by atoms with Crippen LogP contribution in [-0.2, 0) is 11.3 Å². The summed E-state index contributed by atoms with van der Waals surface area (Å²) in [5, 5.41) is 2.81. The van der Waals surface area contributed by atoms with Crippen molar-refractivity contribution >= 4 is 12.0 Å². The number of amides is 1. The van der Waals surface area contributed by atoms with E-state index in [2.05, 4.69) is 10.3 Å². The number of aromatic nitrogens is 1. The lowest BCUT2D eigenvalue weighted by Crippen LogP contribution is -2.20. The average Bonchev–Trinajstić information content (AvgIpc) is 2.59. The molecule has 0 radical (unpaired) electrons. The molecule has 5 nitrogen and oxygen atoms in total. The lowest BCUT2D eigenvalue weighted by molar-refractivity contribution is -0.116. The maximum Gasteiger partial charge on any atom is 0.244 e. The number of nitrogens with one attached hydrogen (secondary N) is 1. The number of benzene rings is 1. The van der Waals surface area contributed by atoms with Crippen LogP contribution in [0.15, 0.2) is 48.7 Å². The van der Waals surface area contributed by atoms with E-state index in [0.717, 1.165) is 16.9 Å². The van der Waals surface area contributed by atoms with Crippen molar-refractivity contribution in [3.63, 3.8) is 0 Å². The highest BCUT2D eigenvalue weighted by Crippen LogP contribution is 2.19. The van der Waals surface area contributed by atoms with E-state index in [1.807, 2.05) is 37.3 Å². The molecule has 0 bridgehead atoms. The maximum absolute atomic E-state index is 12.0. The minimum Gasteiger partial charge on any atom is -0.493 e. The van der Waals surface area contributed by atoms with Crippen molar-refractivity contribution in [2.45, 2.75) is 13.5 Å². The molecule has 1 aromatic heterocycles. The van der Waals surface area contributed by atoms with Crippen LogP contribution < -0.4 is 14.8 Å². The average molecular weight is 312 g/mol. The minimum absolute atomic E-state index is 0.192. The fraction of sp³-hybridized carbons (Fsp3) is 0.222. The fourth-order valence-corrected chi connectivity index (χ4v) is 2.05. The van der Waals surface area contributed by atoms with Crippen molar-refractivity contribution in [3.8, 4) is 11.6 Å². The Kier molecular flexibility index (Phi) is 6.17. The van der Waals surface area contributed by atoms with Crippen molar-refractivity contribution in [3.05, 3.63) is 59.8 Å². The summed E-state index contributed by atoms with van der Waals surface area (Å²) in [6.45, 7) is 2.86. The Morgan fingerprint density at radius 1 is 1.26 bits per heavy atom. The van der Waals surface area contributed by atoms with E-state index in [1.54, 1.807) is 25.4 Å². The number of para-hydroxylation sites is 1. The van der Waals surface area contributed by atoms with Gasteiger partial charge in [0.05, 0.1) is 13.7 Å². The number of rotatable bonds is 7. The van der Waals surface area contributed by atoms with Crippen molar-refractivity contribution in [2.24, 2.45) is 0 Å². The number of methoxy groups -OCH3 is 1. The zero-order valence-corrected chi connectivity index (χ0v) is 13.3. The van der Waals surface area contributed by atoms with E-state index < -0.39 is 0 Å². The molecule has 2 rings (SSSR count). The second kappa shape index (κ2) is 8.58. The van der Waals surface area contributed by atoms with Crippen LogP contribution in [0.5, 0.6) is 11.6 Å². The molecule has 0 atom stereocenters. The molecular weight excluding hydrogens is 292 g/mol. The van der Waals surface area contributed by atoms with Gasteiger partial charge < -0.3 is 14.8 Å². The van der Waals surface area contributed by atoms with Gasteiger partial charge in [0.15, 0.2) is 0 Å². The number of nitrogens with zero attached hydrogens (tertiary/aromatic N) is 1. The van der Waals surface area contributed by atoms with Crippen LogP contribution in [0.4, 0.5) is 0 Å². The Morgan fingerprint density at radius 3 is 2.87 bits per heavy atom. The van der Waals surface area contributed by atoms with Crippen LogP contribution >= 0.6 is 0 Å². The van der Waals surface area contributed by atoms with E-state index in [1.165, 1.54) is 6.08 Å². The highest BCUT2D eigenvalue weighted by atomic mass is 16.5. The summed E-state index contributed by atoms with van der Waals surface area (Å²) in [6.07, 6.45) is 4.87. The Labute approximate surface area is 136 Å². The SMILES string of the molecule is CCOc1ccccc1C=CC(=O)NCc1cccnc1OC. The van der Waals surface area contributed by atoms with Crippen LogP contribution in [0.3, 0.4) is 0 Å². The molecule has 2 aromatic rings. The zero-order valence-electron chi connectivity index (χ0n) is 13.3. The number of carbonyl (C=O) groups excluding carboxylic acids is 1. The summed E-state index contributed by atoms with van der Waals surface area (Å²) in [5.74, 6) is 1.08. The number of hydrogen-bond donors (Lipinski definition) is 1. The van der Waals surface area contributed by atoms with Gasteiger partial charge in [-0.1, -0.05) is 24.3 Å². The van der Waals surface area contributed by atoms with Gasteiger partial charge in [-0.2, -0.15) is 0 Å². The van der Waals surface area contributed by atoms with Crippen LogP contribution in [0, 0.1) is 0 Å². The van der Waals surface area contributed by atoms with Gasteiger partial charge in [-0.3, -0.25) is 4.79 Å². The van der Waals surface area contributed by atoms with Crippen molar-refractivity contribution in [1.82, 2.24) is 10.3 Å². The monoisotopic (exact) mass is 312 g/mol. The third kappa shape index (κ3) is 4.85. The summed E-state index contributed by atoms with van der Waals surface area (Å²) in [7, 11) is 1.55. The van der Waals surface area contributed by atoms with E-state index in [9.17, 15) is 4.79 Å². The Hall–Kier alpha value is -2.82. The Balaban J connectivity index is 1.97. The summed E-state index contributed by atoms with van der Waals surface area (Å²) in [5.41, 5.74) is 1.69. The molecule has 1 aromatic carbocycles. The minimum atomic E-state index is -0.192. The summed E-state index contributed by atoms with van der Waals surface area (Å²) < 4.78 is 10.7. The molecule has 0 saturated heterocycles. The Morgan fingerprint density at radius 2 is 2.09 bits per heavy atom. The number of pyridine rings is 1. The molecule has 23 heavy (non-hydrogen) atoms. The molecule has 0 aliphatic rings. The molecule has 1 N–H and O–H groups in total. The van der Waals surface area contributed by atoms with Crippen LogP contribution in [-0.4, -0.2) is 24.6 Å². The van der Waals surface area contributed by atoms with Crippen LogP contribution in [0.25, 0.3) is 6.08 Å². The van der Waals surface area contributed by atoms with Crippen molar-refractivity contribution < 1.29 is 14.3 Å². The van der Waals surface area contributed by atoms with Crippen LogP contribution in [0.2, 0.25) is 0 Å². The largest absolute Gasteiger partial charge is 0.493 e. The lowest BCUT2D eigenvalue weighted by atomic mass is 10.2. The quantitative estimate of drug-likeness (QED) is 0.799.